The molecule has 0 radical (unpaired) electrons. The first-order chi connectivity index (χ1) is 7.21. The van der Waals surface area contributed by atoms with Crippen molar-refractivity contribution in [3.8, 4) is 17.9 Å². The molecular formula is C11H8N2O2. The lowest BCUT2D eigenvalue weighted by molar-refractivity contribution is 0.281. The Morgan fingerprint density at radius 1 is 1.33 bits per heavy atom. The number of phenols is 1. The molecule has 0 heterocycles. The summed E-state index contributed by atoms with van der Waals surface area (Å²) in [6.45, 7) is -0.157. The van der Waals surface area contributed by atoms with E-state index in [2.05, 4.69) is 0 Å². The summed E-state index contributed by atoms with van der Waals surface area (Å²) in [6, 6.07) is 7.87. The normalized spacial score (nSPS) is 8.73. The number of allylic oxidation sites excluding steroid dienone is 1. The standard InChI is InChI=1S/C11H8N2O2/c12-5-9(6-13)4-10-3-8(7-14)1-2-11(10)15/h1-4,14-15H,7H2. The summed E-state index contributed by atoms with van der Waals surface area (Å²) >= 11 is 0. The van der Waals surface area contributed by atoms with E-state index >= 15 is 0 Å². The van der Waals surface area contributed by atoms with E-state index in [0.29, 0.717) is 11.1 Å². The highest BCUT2D eigenvalue weighted by atomic mass is 16.3. The van der Waals surface area contributed by atoms with Crippen LogP contribution in [-0.4, -0.2) is 10.2 Å². The number of aliphatic hydroxyl groups is 1. The quantitative estimate of drug-likeness (QED) is 0.704. The fourth-order valence-electron chi connectivity index (χ4n) is 1.06. The van der Waals surface area contributed by atoms with E-state index in [4.69, 9.17) is 15.6 Å². The van der Waals surface area contributed by atoms with Crippen LogP contribution in [-0.2, 0) is 6.61 Å². The van der Waals surface area contributed by atoms with Crippen molar-refractivity contribution in [2.24, 2.45) is 0 Å². The maximum atomic E-state index is 9.43. The number of nitrogens with zero attached hydrogens (tertiary/aromatic N) is 2. The lowest BCUT2D eigenvalue weighted by Gasteiger charge is -2.01. The van der Waals surface area contributed by atoms with Crippen molar-refractivity contribution in [2.75, 3.05) is 0 Å². The maximum absolute atomic E-state index is 9.43. The second-order valence-corrected chi connectivity index (χ2v) is 2.83. The van der Waals surface area contributed by atoms with Crippen molar-refractivity contribution in [2.45, 2.75) is 6.61 Å². The molecule has 1 aromatic rings. The third kappa shape index (κ3) is 2.57. The first-order valence-corrected chi connectivity index (χ1v) is 4.16. The molecular weight excluding hydrogens is 192 g/mol. The minimum atomic E-state index is -0.157. The van der Waals surface area contributed by atoms with Gasteiger partial charge in [-0.3, -0.25) is 0 Å². The van der Waals surface area contributed by atoms with E-state index in [0.717, 1.165) is 0 Å². The van der Waals surface area contributed by atoms with Gasteiger partial charge in [0.2, 0.25) is 0 Å². The fraction of sp³-hybridized carbons (Fsp3) is 0.0909. The molecule has 0 aliphatic carbocycles. The molecule has 1 aromatic carbocycles. The van der Waals surface area contributed by atoms with Crippen LogP contribution < -0.4 is 0 Å². The number of phenolic OH excluding ortho intramolecular Hbond substituents is 1. The number of hydrogen-bond donors (Lipinski definition) is 2. The smallest absolute Gasteiger partial charge is 0.130 e. The molecule has 0 amide bonds. The highest BCUT2D eigenvalue weighted by Crippen LogP contribution is 2.21. The number of rotatable bonds is 2. The van der Waals surface area contributed by atoms with E-state index in [1.165, 1.54) is 18.2 Å². The minimum Gasteiger partial charge on any atom is -0.507 e. The third-order valence-corrected chi connectivity index (χ3v) is 1.82. The van der Waals surface area contributed by atoms with Gasteiger partial charge in [0.25, 0.3) is 0 Å². The predicted molar refractivity (Wildman–Crippen MR) is 53.2 cm³/mol. The van der Waals surface area contributed by atoms with Gasteiger partial charge in [0.15, 0.2) is 0 Å². The molecule has 0 aliphatic heterocycles. The number of hydrogen-bond acceptors (Lipinski definition) is 4. The molecule has 2 N–H and O–H groups in total. The summed E-state index contributed by atoms with van der Waals surface area (Å²) in [6.07, 6.45) is 1.27. The highest BCUT2D eigenvalue weighted by molar-refractivity contribution is 5.66. The molecule has 74 valence electrons. The van der Waals surface area contributed by atoms with Crippen molar-refractivity contribution in [3.05, 3.63) is 34.9 Å². The van der Waals surface area contributed by atoms with E-state index in [9.17, 15) is 5.11 Å². The molecule has 0 unspecified atom stereocenters. The molecule has 4 heteroatoms. The Balaban J connectivity index is 3.21. The zero-order valence-electron chi connectivity index (χ0n) is 7.81. The molecule has 0 aliphatic rings. The van der Waals surface area contributed by atoms with Crippen molar-refractivity contribution in [1.82, 2.24) is 0 Å². The Hall–Kier alpha value is -2.30. The van der Waals surface area contributed by atoms with Gasteiger partial charge in [-0.25, -0.2) is 0 Å². The second-order valence-electron chi connectivity index (χ2n) is 2.83. The molecule has 0 spiro atoms. The van der Waals surface area contributed by atoms with Gasteiger partial charge in [-0.2, -0.15) is 10.5 Å². The zero-order valence-corrected chi connectivity index (χ0v) is 7.81. The lowest BCUT2D eigenvalue weighted by atomic mass is 10.1. The van der Waals surface area contributed by atoms with Crippen LogP contribution in [0.2, 0.25) is 0 Å². The van der Waals surface area contributed by atoms with Crippen LogP contribution in [0, 0.1) is 22.7 Å². The summed E-state index contributed by atoms with van der Waals surface area (Å²) in [5.41, 5.74) is 0.856. The summed E-state index contributed by atoms with van der Waals surface area (Å²) in [5.74, 6) is -0.0322. The Bertz CT molecular complexity index is 462. The summed E-state index contributed by atoms with van der Waals surface area (Å²) in [7, 11) is 0. The SMILES string of the molecule is N#CC(C#N)=Cc1cc(CO)ccc1O. The number of benzene rings is 1. The van der Waals surface area contributed by atoms with Gasteiger partial charge in [-0.15, -0.1) is 0 Å². The first kappa shape index (κ1) is 10.8. The number of aromatic hydroxyl groups is 1. The topological polar surface area (TPSA) is 88.0 Å². The van der Waals surface area contributed by atoms with Crippen LogP contribution in [0.1, 0.15) is 11.1 Å². The predicted octanol–water partition coefficient (Wildman–Crippen LogP) is 1.32. The largest absolute Gasteiger partial charge is 0.507 e. The van der Waals surface area contributed by atoms with Crippen LogP contribution in [0.3, 0.4) is 0 Å². The highest BCUT2D eigenvalue weighted by Gasteiger charge is 2.01. The van der Waals surface area contributed by atoms with Gasteiger partial charge in [0, 0.05) is 5.56 Å². The Labute approximate surface area is 86.9 Å². The average molecular weight is 200 g/mol. The number of nitriles is 2. The zero-order chi connectivity index (χ0) is 11.3. The minimum absolute atomic E-state index is 0.0322. The Morgan fingerprint density at radius 2 is 2.00 bits per heavy atom. The van der Waals surface area contributed by atoms with Crippen molar-refractivity contribution >= 4 is 6.08 Å². The maximum Gasteiger partial charge on any atom is 0.130 e. The molecule has 0 saturated heterocycles. The van der Waals surface area contributed by atoms with Crippen molar-refractivity contribution in [3.63, 3.8) is 0 Å². The van der Waals surface area contributed by atoms with Crippen LogP contribution in [0.25, 0.3) is 6.08 Å². The van der Waals surface area contributed by atoms with E-state index < -0.39 is 0 Å². The van der Waals surface area contributed by atoms with Gasteiger partial charge in [-0.1, -0.05) is 6.07 Å². The van der Waals surface area contributed by atoms with Crippen LogP contribution in [0.5, 0.6) is 5.75 Å². The summed E-state index contributed by atoms with van der Waals surface area (Å²) in [4.78, 5) is 0. The van der Waals surface area contributed by atoms with Crippen molar-refractivity contribution < 1.29 is 10.2 Å². The third-order valence-electron chi connectivity index (χ3n) is 1.82. The van der Waals surface area contributed by atoms with Gasteiger partial charge >= 0.3 is 0 Å². The van der Waals surface area contributed by atoms with Crippen LogP contribution >= 0.6 is 0 Å². The van der Waals surface area contributed by atoms with Crippen LogP contribution in [0.15, 0.2) is 23.8 Å². The van der Waals surface area contributed by atoms with E-state index in [1.807, 2.05) is 0 Å². The summed E-state index contributed by atoms with van der Waals surface area (Å²) in [5, 5.41) is 35.4. The van der Waals surface area contributed by atoms with Gasteiger partial charge in [0.1, 0.15) is 23.5 Å². The van der Waals surface area contributed by atoms with Crippen LogP contribution in [0.4, 0.5) is 0 Å². The first-order valence-electron chi connectivity index (χ1n) is 4.16. The van der Waals surface area contributed by atoms with Gasteiger partial charge in [0.05, 0.1) is 6.61 Å². The van der Waals surface area contributed by atoms with E-state index in [-0.39, 0.29) is 17.9 Å². The average Bonchev–Trinajstić information content (AvgIpc) is 2.28. The summed E-state index contributed by atoms with van der Waals surface area (Å²) < 4.78 is 0. The van der Waals surface area contributed by atoms with E-state index in [1.54, 1.807) is 18.2 Å². The fourth-order valence-corrected chi connectivity index (χ4v) is 1.06. The molecule has 0 aromatic heterocycles. The molecule has 0 saturated carbocycles. The molecule has 0 bridgehead atoms. The molecule has 1 rings (SSSR count). The van der Waals surface area contributed by atoms with Gasteiger partial charge < -0.3 is 10.2 Å². The second kappa shape index (κ2) is 4.80. The molecule has 15 heavy (non-hydrogen) atoms. The van der Waals surface area contributed by atoms with Crippen molar-refractivity contribution in [1.29, 1.82) is 10.5 Å². The monoisotopic (exact) mass is 200 g/mol. The Morgan fingerprint density at radius 3 is 2.53 bits per heavy atom. The molecule has 0 fully saturated rings. The molecule has 0 atom stereocenters. The number of aliphatic hydroxyl groups excluding tert-OH is 1. The Kier molecular flexibility index (Phi) is 3.45. The molecule has 4 nitrogen and oxygen atoms in total. The van der Waals surface area contributed by atoms with Gasteiger partial charge in [-0.05, 0) is 23.8 Å². The lowest BCUT2D eigenvalue weighted by Crippen LogP contribution is -1.85.